The number of benzene rings is 2. The highest BCUT2D eigenvalue weighted by molar-refractivity contribution is 7.98. The van der Waals surface area contributed by atoms with Gasteiger partial charge in [0.1, 0.15) is 0 Å². The minimum Gasteiger partial charge on any atom is -0.322 e. The van der Waals surface area contributed by atoms with Gasteiger partial charge in [0.25, 0.3) is 5.91 Å². The van der Waals surface area contributed by atoms with Crippen molar-refractivity contribution in [2.45, 2.75) is 31.7 Å². The molecular formula is C21H21N3OS. The molecule has 1 aromatic heterocycles. The highest BCUT2D eigenvalue weighted by Crippen LogP contribution is 2.21. The van der Waals surface area contributed by atoms with E-state index in [4.69, 9.17) is 0 Å². The van der Waals surface area contributed by atoms with Gasteiger partial charge in [-0.2, -0.15) is 0 Å². The van der Waals surface area contributed by atoms with Crippen LogP contribution in [0.15, 0.2) is 59.8 Å². The van der Waals surface area contributed by atoms with Gasteiger partial charge in [-0.05, 0) is 56.2 Å². The summed E-state index contributed by atoms with van der Waals surface area (Å²) in [5.74, 6) is 0.666. The summed E-state index contributed by atoms with van der Waals surface area (Å²) >= 11 is 1.60. The number of aryl methyl sites for hydroxylation is 3. The van der Waals surface area contributed by atoms with E-state index >= 15 is 0 Å². The Morgan fingerprint density at radius 2 is 1.62 bits per heavy atom. The molecule has 0 saturated carbocycles. The summed E-state index contributed by atoms with van der Waals surface area (Å²) in [5, 5.41) is 3.73. The van der Waals surface area contributed by atoms with Crippen molar-refractivity contribution >= 4 is 23.4 Å². The highest BCUT2D eigenvalue weighted by Gasteiger charge is 2.08. The SMILES string of the molecule is Cc1cc(C)nc(SCc2ccc(C(=O)Nc3ccccc3C)cc2)n1. The molecule has 0 radical (unpaired) electrons. The van der Waals surface area contributed by atoms with Gasteiger partial charge in [0.2, 0.25) is 0 Å². The van der Waals surface area contributed by atoms with Gasteiger partial charge >= 0.3 is 0 Å². The summed E-state index contributed by atoms with van der Waals surface area (Å²) in [5.41, 5.74) is 5.60. The largest absolute Gasteiger partial charge is 0.322 e. The third-order valence-electron chi connectivity index (χ3n) is 3.94. The Kier molecular flexibility index (Phi) is 5.68. The standard InChI is InChI=1S/C21H21N3OS/c1-14-6-4-5-7-19(14)24-20(25)18-10-8-17(9-11-18)13-26-21-22-15(2)12-16(3)23-21/h4-12H,13H2,1-3H3,(H,24,25). The van der Waals surface area contributed by atoms with E-state index < -0.39 is 0 Å². The average molecular weight is 363 g/mol. The van der Waals surface area contributed by atoms with Crippen molar-refractivity contribution in [3.8, 4) is 0 Å². The molecule has 0 atom stereocenters. The van der Waals surface area contributed by atoms with Gasteiger partial charge in [0.05, 0.1) is 0 Å². The van der Waals surface area contributed by atoms with E-state index in [1.165, 1.54) is 0 Å². The van der Waals surface area contributed by atoms with Gasteiger partial charge in [0.15, 0.2) is 5.16 Å². The Bertz CT molecular complexity index is 903. The maximum absolute atomic E-state index is 12.4. The minimum absolute atomic E-state index is 0.101. The van der Waals surface area contributed by atoms with E-state index in [-0.39, 0.29) is 5.91 Å². The molecule has 1 heterocycles. The van der Waals surface area contributed by atoms with Crippen LogP contribution < -0.4 is 5.32 Å². The molecule has 0 bridgehead atoms. The molecule has 3 rings (SSSR count). The Balaban J connectivity index is 1.62. The van der Waals surface area contributed by atoms with Crippen LogP contribution in [0.25, 0.3) is 0 Å². The van der Waals surface area contributed by atoms with Gasteiger partial charge < -0.3 is 5.32 Å². The monoisotopic (exact) mass is 363 g/mol. The topological polar surface area (TPSA) is 54.9 Å². The second kappa shape index (κ2) is 8.15. The molecule has 132 valence electrons. The van der Waals surface area contributed by atoms with Crippen LogP contribution in [0.3, 0.4) is 0 Å². The predicted molar refractivity (Wildman–Crippen MR) is 107 cm³/mol. The van der Waals surface area contributed by atoms with Crippen LogP contribution in [0.4, 0.5) is 5.69 Å². The summed E-state index contributed by atoms with van der Waals surface area (Å²) in [7, 11) is 0. The zero-order valence-electron chi connectivity index (χ0n) is 15.1. The summed E-state index contributed by atoms with van der Waals surface area (Å²) in [6.45, 7) is 5.92. The number of nitrogens with zero attached hydrogens (tertiary/aromatic N) is 2. The Morgan fingerprint density at radius 3 is 2.27 bits per heavy atom. The Labute approximate surface area is 158 Å². The predicted octanol–water partition coefficient (Wildman–Crippen LogP) is 4.95. The van der Waals surface area contributed by atoms with Crippen LogP contribution in [-0.4, -0.2) is 15.9 Å². The molecule has 1 amide bonds. The number of carbonyl (C=O) groups is 1. The van der Waals surface area contributed by atoms with E-state index in [1.54, 1.807) is 11.8 Å². The average Bonchev–Trinajstić information content (AvgIpc) is 2.61. The zero-order chi connectivity index (χ0) is 18.5. The lowest BCUT2D eigenvalue weighted by molar-refractivity contribution is 0.102. The number of hydrogen-bond acceptors (Lipinski definition) is 4. The number of nitrogens with one attached hydrogen (secondary N) is 1. The van der Waals surface area contributed by atoms with E-state index in [1.807, 2.05) is 75.4 Å². The zero-order valence-corrected chi connectivity index (χ0v) is 15.9. The van der Waals surface area contributed by atoms with Crippen LogP contribution >= 0.6 is 11.8 Å². The maximum Gasteiger partial charge on any atom is 0.255 e. The highest BCUT2D eigenvalue weighted by atomic mass is 32.2. The van der Waals surface area contributed by atoms with Crippen molar-refractivity contribution in [2.75, 3.05) is 5.32 Å². The first kappa shape index (κ1) is 18.1. The van der Waals surface area contributed by atoms with Crippen LogP contribution in [-0.2, 0) is 5.75 Å². The first-order valence-electron chi connectivity index (χ1n) is 8.42. The molecule has 26 heavy (non-hydrogen) atoms. The molecule has 3 aromatic rings. The number of rotatable bonds is 5. The first-order chi connectivity index (χ1) is 12.5. The van der Waals surface area contributed by atoms with Crippen molar-refractivity contribution in [1.29, 1.82) is 0 Å². The summed E-state index contributed by atoms with van der Waals surface area (Å²) in [6, 6.07) is 17.4. The third kappa shape index (κ3) is 4.70. The molecule has 0 aliphatic carbocycles. The lowest BCUT2D eigenvalue weighted by Gasteiger charge is -2.08. The molecular weight excluding hydrogens is 342 g/mol. The molecule has 4 nitrogen and oxygen atoms in total. The summed E-state index contributed by atoms with van der Waals surface area (Å²) in [6.07, 6.45) is 0. The van der Waals surface area contributed by atoms with Crippen LogP contribution in [0, 0.1) is 20.8 Å². The number of amides is 1. The van der Waals surface area contributed by atoms with Crippen molar-refractivity contribution in [1.82, 2.24) is 9.97 Å². The summed E-state index contributed by atoms with van der Waals surface area (Å²) in [4.78, 5) is 21.3. The van der Waals surface area contributed by atoms with Gasteiger partial charge in [-0.1, -0.05) is 42.1 Å². The first-order valence-corrected chi connectivity index (χ1v) is 9.41. The second-order valence-corrected chi connectivity index (χ2v) is 7.13. The molecule has 2 aromatic carbocycles. The fraction of sp³-hybridized carbons (Fsp3) is 0.190. The smallest absolute Gasteiger partial charge is 0.255 e. The normalized spacial score (nSPS) is 10.6. The minimum atomic E-state index is -0.101. The van der Waals surface area contributed by atoms with Crippen LogP contribution in [0.1, 0.15) is 32.9 Å². The van der Waals surface area contributed by atoms with Crippen molar-refractivity contribution in [2.24, 2.45) is 0 Å². The Morgan fingerprint density at radius 1 is 0.962 bits per heavy atom. The van der Waals surface area contributed by atoms with E-state index in [0.29, 0.717) is 5.56 Å². The quantitative estimate of drug-likeness (QED) is 0.515. The summed E-state index contributed by atoms with van der Waals surface area (Å²) < 4.78 is 0. The maximum atomic E-state index is 12.4. The van der Waals surface area contributed by atoms with Crippen molar-refractivity contribution < 1.29 is 4.79 Å². The third-order valence-corrected chi connectivity index (χ3v) is 4.86. The number of para-hydroxylation sites is 1. The van der Waals surface area contributed by atoms with Crippen LogP contribution in [0.5, 0.6) is 0 Å². The fourth-order valence-electron chi connectivity index (χ4n) is 2.57. The van der Waals surface area contributed by atoms with Crippen LogP contribution in [0.2, 0.25) is 0 Å². The number of carbonyl (C=O) groups excluding carboxylic acids is 1. The van der Waals surface area contributed by atoms with Gasteiger partial charge in [-0.15, -0.1) is 0 Å². The van der Waals surface area contributed by atoms with E-state index in [2.05, 4.69) is 15.3 Å². The molecule has 1 N–H and O–H groups in total. The van der Waals surface area contributed by atoms with Crippen molar-refractivity contribution in [3.05, 3.63) is 82.7 Å². The number of thioether (sulfide) groups is 1. The molecule has 0 aliphatic rings. The number of anilines is 1. The number of aromatic nitrogens is 2. The van der Waals surface area contributed by atoms with Crippen molar-refractivity contribution in [3.63, 3.8) is 0 Å². The molecule has 0 spiro atoms. The van der Waals surface area contributed by atoms with E-state index in [0.717, 1.165) is 39.1 Å². The molecule has 0 fully saturated rings. The Hall–Kier alpha value is -2.66. The lowest BCUT2D eigenvalue weighted by Crippen LogP contribution is -2.12. The molecule has 5 heteroatoms. The van der Waals surface area contributed by atoms with Gasteiger partial charge in [-0.25, -0.2) is 9.97 Å². The van der Waals surface area contributed by atoms with E-state index in [9.17, 15) is 4.79 Å². The molecule has 0 saturated heterocycles. The molecule has 0 unspecified atom stereocenters. The fourth-order valence-corrected chi connectivity index (χ4v) is 3.47. The van der Waals surface area contributed by atoms with Gasteiger partial charge in [-0.3, -0.25) is 4.79 Å². The number of hydrogen-bond donors (Lipinski definition) is 1. The van der Waals surface area contributed by atoms with Gasteiger partial charge in [0, 0.05) is 28.4 Å². The molecule has 0 aliphatic heterocycles. The lowest BCUT2D eigenvalue weighted by atomic mass is 10.1. The second-order valence-electron chi connectivity index (χ2n) is 6.19.